The number of amides is 1. The van der Waals surface area contributed by atoms with E-state index in [1.165, 1.54) is 6.07 Å². The van der Waals surface area contributed by atoms with Crippen molar-refractivity contribution in [1.82, 2.24) is 10.3 Å². The van der Waals surface area contributed by atoms with Crippen LogP contribution >= 0.6 is 11.8 Å². The summed E-state index contributed by atoms with van der Waals surface area (Å²) < 4.78 is 27.1. The Morgan fingerprint density at radius 3 is 2.58 bits per heavy atom. The number of carbonyl (C=O) groups is 1. The van der Waals surface area contributed by atoms with Crippen LogP contribution in [0.4, 0.5) is 8.78 Å². The highest BCUT2D eigenvalue weighted by Gasteiger charge is 2.16. The van der Waals surface area contributed by atoms with Crippen molar-refractivity contribution in [2.24, 2.45) is 0 Å². The second-order valence-corrected chi connectivity index (χ2v) is 6.43. The summed E-state index contributed by atoms with van der Waals surface area (Å²) >= 11 is 1.60. The van der Waals surface area contributed by atoms with Crippen molar-refractivity contribution in [3.05, 3.63) is 65.4 Å². The molecule has 3 rings (SSSR count). The molecule has 1 aromatic heterocycles. The average molecular weight is 346 g/mol. The van der Waals surface area contributed by atoms with E-state index in [1.807, 2.05) is 31.2 Å². The van der Waals surface area contributed by atoms with Crippen molar-refractivity contribution in [3.8, 4) is 0 Å². The van der Waals surface area contributed by atoms with Gasteiger partial charge in [0.1, 0.15) is 17.2 Å². The number of benzene rings is 2. The van der Waals surface area contributed by atoms with E-state index in [4.69, 9.17) is 0 Å². The summed E-state index contributed by atoms with van der Waals surface area (Å²) in [6.07, 6.45) is 0. The van der Waals surface area contributed by atoms with Gasteiger partial charge in [0.25, 0.3) is 5.91 Å². The maximum Gasteiger partial charge on any atom is 0.257 e. The third-order valence-corrected chi connectivity index (χ3v) is 4.88. The molecule has 3 nitrogen and oxygen atoms in total. The van der Waals surface area contributed by atoms with Crippen molar-refractivity contribution in [3.63, 3.8) is 0 Å². The molecule has 2 aromatic carbocycles. The lowest BCUT2D eigenvalue weighted by Crippen LogP contribution is -2.27. The number of thioether (sulfide) groups is 1. The summed E-state index contributed by atoms with van der Waals surface area (Å²) in [6.45, 7) is 2.31. The number of nitrogens with one attached hydrogen (secondary N) is 2. The van der Waals surface area contributed by atoms with Crippen molar-refractivity contribution >= 4 is 28.6 Å². The molecule has 0 aliphatic rings. The lowest BCUT2D eigenvalue weighted by Gasteiger charge is -2.07. The second-order valence-electron chi connectivity index (χ2n) is 5.33. The Bertz CT molecular complexity index is 872. The molecular formula is C18H16F2N2OS. The molecule has 3 aromatic rings. The van der Waals surface area contributed by atoms with Crippen molar-refractivity contribution < 1.29 is 13.6 Å². The zero-order valence-corrected chi connectivity index (χ0v) is 13.8. The van der Waals surface area contributed by atoms with E-state index in [9.17, 15) is 13.6 Å². The number of aromatic nitrogens is 1. The SMILES string of the molecule is Cc1[nH]c2ccccc2c1SCCNC(=O)c1c(F)cccc1F. The number of hydrogen-bond donors (Lipinski definition) is 2. The van der Waals surface area contributed by atoms with Gasteiger partial charge in [0.2, 0.25) is 0 Å². The fourth-order valence-corrected chi connectivity index (χ4v) is 3.57. The minimum Gasteiger partial charge on any atom is -0.358 e. The molecule has 24 heavy (non-hydrogen) atoms. The second kappa shape index (κ2) is 7.05. The topological polar surface area (TPSA) is 44.9 Å². The molecule has 0 radical (unpaired) electrons. The molecular weight excluding hydrogens is 330 g/mol. The normalized spacial score (nSPS) is 11.0. The fourth-order valence-electron chi connectivity index (χ4n) is 2.56. The Balaban J connectivity index is 1.61. The smallest absolute Gasteiger partial charge is 0.257 e. The summed E-state index contributed by atoms with van der Waals surface area (Å²) in [5, 5.41) is 3.69. The summed E-state index contributed by atoms with van der Waals surface area (Å²) in [5.74, 6) is -1.84. The van der Waals surface area contributed by atoms with Crippen molar-refractivity contribution in [2.45, 2.75) is 11.8 Å². The Hall–Kier alpha value is -2.34. The molecule has 0 saturated heterocycles. The van der Waals surface area contributed by atoms with Gasteiger partial charge in [-0.1, -0.05) is 24.3 Å². The maximum absolute atomic E-state index is 13.6. The van der Waals surface area contributed by atoms with Crippen LogP contribution in [0, 0.1) is 18.6 Å². The monoisotopic (exact) mass is 346 g/mol. The minimum atomic E-state index is -0.854. The van der Waals surface area contributed by atoms with Crippen LogP contribution in [-0.2, 0) is 0 Å². The molecule has 0 aliphatic carbocycles. The summed E-state index contributed by atoms with van der Waals surface area (Å²) in [7, 11) is 0. The van der Waals surface area contributed by atoms with Crippen molar-refractivity contribution in [1.29, 1.82) is 0 Å². The Morgan fingerprint density at radius 2 is 1.83 bits per heavy atom. The minimum absolute atomic E-state index is 0.316. The number of fused-ring (bicyclic) bond motifs is 1. The first-order chi connectivity index (χ1) is 11.6. The molecule has 6 heteroatoms. The molecule has 2 N–H and O–H groups in total. The molecule has 0 spiro atoms. The van der Waals surface area contributed by atoms with E-state index in [0.717, 1.165) is 33.6 Å². The molecule has 124 valence electrons. The number of carbonyl (C=O) groups excluding carboxylic acids is 1. The maximum atomic E-state index is 13.6. The third-order valence-electron chi connectivity index (χ3n) is 3.66. The molecule has 0 atom stereocenters. The van der Waals surface area contributed by atoms with Gasteiger partial charge in [0.05, 0.1) is 0 Å². The van der Waals surface area contributed by atoms with E-state index in [-0.39, 0.29) is 0 Å². The number of rotatable bonds is 5. The van der Waals surface area contributed by atoms with Crippen LogP contribution in [-0.4, -0.2) is 23.2 Å². The van der Waals surface area contributed by atoms with Crippen LogP contribution in [0.5, 0.6) is 0 Å². The van der Waals surface area contributed by atoms with Gasteiger partial charge >= 0.3 is 0 Å². The van der Waals surface area contributed by atoms with Crippen LogP contribution in [0.1, 0.15) is 16.1 Å². The third kappa shape index (κ3) is 3.28. The number of aromatic amines is 1. The number of halogens is 2. The van der Waals surface area contributed by atoms with Gasteiger partial charge in [-0.15, -0.1) is 11.8 Å². The highest BCUT2D eigenvalue weighted by atomic mass is 32.2. The number of para-hydroxylation sites is 1. The van der Waals surface area contributed by atoms with E-state index in [1.54, 1.807) is 11.8 Å². The number of aryl methyl sites for hydroxylation is 1. The van der Waals surface area contributed by atoms with Crippen LogP contribution in [0.3, 0.4) is 0 Å². The van der Waals surface area contributed by atoms with E-state index >= 15 is 0 Å². The first-order valence-electron chi connectivity index (χ1n) is 7.50. The lowest BCUT2D eigenvalue weighted by molar-refractivity contribution is 0.0948. The van der Waals surface area contributed by atoms with Crippen LogP contribution < -0.4 is 5.32 Å². The van der Waals surface area contributed by atoms with Crippen LogP contribution in [0.15, 0.2) is 47.4 Å². The quantitative estimate of drug-likeness (QED) is 0.535. The van der Waals surface area contributed by atoms with Gasteiger partial charge in [-0.2, -0.15) is 0 Å². The van der Waals surface area contributed by atoms with E-state index < -0.39 is 23.1 Å². The molecule has 0 saturated carbocycles. The molecule has 1 amide bonds. The molecule has 0 fully saturated rings. The zero-order valence-electron chi connectivity index (χ0n) is 13.0. The van der Waals surface area contributed by atoms with Gasteiger partial charge < -0.3 is 10.3 Å². The van der Waals surface area contributed by atoms with Gasteiger partial charge in [0, 0.05) is 33.8 Å². The molecule has 1 heterocycles. The van der Waals surface area contributed by atoms with Gasteiger partial charge in [-0.3, -0.25) is 4.79 Å². The predicted molar refractivity (Wildman–Crippen MR) is 92.5 cm³/mol. The highest BCUT2D eigenvalue weighted by Crippen LogP contribution is 2.30. The summed E-state index contributed by atoms with van der Waals surface area (Å²) in [4.78, 5) is 16.4. The van der Waals surface area contributed by atoms with Gasteiger partial charge in [0.15, 0.2) is 0 Å². The first kappa shape index (κ1) is 16.5. The highest BCUT2D eigenvalue weighted by molar-refractivity contribution is 7.99. The fraction of sp³-hybridized carbons (Fsp3) is 0.167. The Morgan fingerprint density at radius 1 is 1.12 bits per heavy atom. The standard InChI is InChI=1S/C18H16F2N2OS/c1-11-17(12-5-2-3-8-15(12)22-11)24-10-9-21-18(23)16-13(19)6-4-7-14(16)20/h2-8,22H,9-10H2,1H3,(H,21,23). The molecule has 0 unspecified atom stereocenters. The van der Waals surface area contributed by atoms with Crippen LogP contribution in [0.25, 0.3) is 10.9 Å². The zero-order chi connectivity index (χ0) is 17.1. The Kier molecular flexibility index (Phi) is 4.85. The summed E-state index contributed by atoms with van der Waals surface area (Å²) in [6, 6.07) is 11.4. The lowest BCUT2D eigenvalue weighted by atomic mass is 10.2. The molecule has 0 bridgehead atoms. The van der Waals surface area contributed by atoms with Gasteiger partial charge in [-0.25, -0.2) is 8.78 Å². The summed E-state index contributed by atoms with van der Waals surface area (Å²) in [5.41, 5.74) is 1.59. The number of hydrogen-bond acceptors (Lipinski definition) is 2. The first-order valence-corrected chi connectivity index (χ1v) is 8.49. The number of H-pyrrole nitrogens is 1. The van der Waals surface area contributed by atoms with E-state index in [0.29, 0.717) is 12.3 Å². The predicted octanol–water partition coefficient (Wildman–Crippen LogP) is 4.28. The van der Waals surface area contributed by atoms with Crippen molar-refractivity contribution in [2.75, 3.05) is 12.3 Å². The molecule has 0 aliphatic heterocycles. The van der Waals surface area contributed by atoms with Gasteiger partial charge in [-0.05, 0) is 25.1 Å². The Labute approximate surface area is 142 Å². The largest absolute Gasteiger partial charge is 0.358 e. The van der Waals surface area contributed by atoms with Crippen LogP contribution in [0.2, 0.25) is 0 Å². The van der Waals surface area contributed by atoms with E-state index in [2.05, 4.69) is 10.3 Å². The average Bonchev–Trinajstić information content (AvgIpc) is 2.87.